The third-order valence-electron chi connectivity index (χ3n) is 2.24. The maximum atomic E-state index is 5.93. The van der Waals surface area contributed by atoms with Crippen LogP contribution in [-0.4, -0.2) is 6.54 Å². The summed E-state index contributed by atoms with van der Waals surface area (Å²) in [6, 6.07) is 0. The molecule has 0 heterocycles. The molecule has 0 radical (unpaired) electrons. The zero-order chi connectivity index (χ0) is 8.97. The van der Waals surface area contributed by atoms with Crippen LogP contribution < -0.4 is 5.73 Å². The zero-order valence-electron chi connectivity index (χ0n) is 7.52. The minimum absolute atomic E-state index is 0.663. The van der Waals surface area contributed by atoms with Crippen molar-refractivity contribution in [2.24, 2.45) is 11.7 Å². The van der Waals surface area contributed by atoms with Gasteiger partial charge < -0.3 is 5.73 Å². The first-order chi connectivity index (χ1) is 5.74. The van der Waals surface area contributed by atoms with Gasteiger partial charge in [-0.1, -0.05) is 23.8 Å². The van der Waals surface area contributed by atoms with Crippen LogP contribution in [0.3, 0.4) is 0 Å². The lowest BCUT2D eigenvalue weighted by Crippen LogP contribution is -2.05. The molecular formula is C10H16ClN. The molecule has 1 atom stereocenters. The van der Waals surface area contributed by atoms with Crippen molar-refractivity contribution in [3.8, 4) is 0 Å². The molecule has 0 aliphatic heterocycles. The number of hydrogen-bond donors (Lipinski definition) is 1. The number of hydrogen-bond acceptors (Lipinski definition) is 1. The summed E-state index contributed by atoms with van der Waals surface area (Å²) in [5.74, 6) is 0.663. The second-order valence-electron chi connectivity index (χ2n) is 3.33. The van der Waals surface area contributed by atoms with Gasteiger partial charge in [-0.05, 0) is 44.2 Å². The first-order valence-electron chi connectivity index (χ1n) is 4.48. The monoisotopic (exact) mass is 185 g/mol. The Bertz CT molecular complexity index is 206. The van der Waals surface area contributed by atoms with Gasteiger partial charge in [0.2, 0.25) is 0 Å². The first-order valence-corrected chi connectivity index (χ1v) is 4.86. The van der Waals surface area contributed by atoms with Crippen molar-refractivity contribution in [3.05, 3.63) is 22.8 Å². The minimum Gasteiger partial charge on any atom is -0.330 e. The molecule has 2 heteroatoms. The molecule has 0 fully saturated rings. The highest BCUT2D eigenvalue weighted by atomic mass is 35.5. The average molecular weight is 186 g/mol. The zero-order valence-corrected chi connectivity index (χ0v) is 8.27. The molecule has 1 aliphatic rings. The van der Waals surface area contributed by atoms with E-state index < -0.39 is 0 Å². The van der Waals surface area contributed by atoms with Crippen LogP contribution in [0.2, 0.25) is 0 Å². The van der Waals surface area contributed by atoms with Gasteiger partial charge in [0.05, 0.1) is 0 Å². The summed E-state index contributed by atoms with van der Waals surface area (Å²) in [5.41, 5.74) is 6.66. The average Bonchev–Trinajstić information content (AvgIpc) is 2.07. The molecule has 0 bridgehead atoms. The quantitative estimate of drug-likeness (QED) is 0.719. The number of allylic oxidation sites excluding steroid dienone is 4. The molecular weight excluding hydrogens is 170 g/mol. The van der Waals surface area contributed by atoms with Crippen molar-refractivity contribution in [1.82, 2.24) is 0 Å². The molecule has 1 rings (SSSR count). The Morgan fingerprint density at radius 3 is 3.00 bits per heavy atom. The molecule has 0 amide bonds. The van der Waals surface area contributed by atoms with Gasteiger partial charge in [-0.2, -0.15) is 0 Å². The van der Waals surface area contributed by atoms with Crippen LogP contribution in [0, 0.1) is 5.92 Å². The molecule has 0 saturated carbocycles. The van der Waals surface area contributed by atoms with E-state index in [1.807, 2.05) is 0 Å². The van der Waals surface area contributed by atoms with E-state index in [2.05, 4.69) is 19.1 Å². The van der Waals surface area contributed by atoms with E-state index in [0.29, 0.717) is 5.92 Å². The highest BCUT2D eigenvalue weighted by molar-refractivity contribution is 6.32. The highest BCUT2D eigenvalue weighted by Gasteiger charge is 2.10. The van der Waals surface area contributed by atoms with Crippen LogP contribution >= 0.6 is 11.6 Å². The van der Waals surface area contributed by atoms with Crippen molar-refractivity contribution in [3.63, 3.8) is 0 Å². The van der Waals surface area contributed by atoms with E-state index in [9.17, 15) is 0 Å². The Hall–Kier alpha value is -0.270. The minimum atomic E-state index is 0.663. The molecule has 68 valence electrons. The van der Waals surface area contributed by atoms with Crippen molar-refractivity contribution < 1.29 is 0 Å². The van der Waals surface area contributed by atoms with Crippen LogP contribution in [0.15, 0.2) is 22.8 Å². The summed E-state index contributed by atoms with van der Waals surface area (Å²) in [5, 5.41) is 0.916. The van der Waals surface area contributed by atoms with Crippen LogP contribution in [0.25, 0.3) is 0 Å². The lowest BCUT2D eigenvalue weighted by atomic mass is 9.92. The summed E-state index contributed by atoms with van der Waals surface area (Å²) < 4.78 is 0. The highest BCUT2D eigenvalue weighted by Crippen LogP contribution is 2.27. The van der Waals surface area contributed by atoms with Crippen LogP contribution in [-0.2, 0) is 0 Å². The second kappa shape index (κ2) is 4.68. The summed E-state index contributed by atoms with van der Waals surface area (Å²) >= 11 is 5.93. The fourth-order valence-electron chi connectivity index (χ4n) is 1.50. The summed E-state index contributed by atoms with van der Waals surface area (Å²) in [4.78, 5) is 0. The lowest BCUT2D eigenvalue weighted by Gasteiger charge is -2.16. The third-order valence-corrected chi connectivity index (χ3v) is 2.69. The van der Waals surface area contributed by atoms with E-state index in [0.717, 1.165) is 24.4 Å². The summed E-state index contributed by atoms with van der Waals surface area (Å²) in [7, 11) is 0. The molecule has 1 aliphatic carbocycles. The fourth-order valence-corrected chi connectivity index (χ4v) is 1.65. The Balaban J connectivity index is 2.42. The van der Waals surface area contributed by atoms with Gasteiger partial charge in [0.25, 0.3) is 0 Å². The largest absolute Gasteiger partial charge is 0.330 e. The van der Waals surface area contributed by atoms with Gasteiger partial charge in [-0.25, -0.2) is 0 Å². The second-order valence-corrected chi connectivity index (χ2v) is 3.74. The molecule has 1 nitrogen and oxygen atoms in total. The van der Waals surface area contributed by atoms with Crippen LogP contribution in [0.4, 0.5) is 0 Å². The molecule has 0 aromatic carbocycles. The molecule has 1 unspecified atom stereocenters. The van der Waals surface area contributed by atoms with Crippen molar-refractivity contribution in [2.75, 3.05) is 6.54 Å². The molecule has 0 aromatic rings. The predicted octanol–water partition coefficient (Wildman–Crippen LogP) is 2.81. The van der Waals surface area contributed by atoms with Crippen molar-refractivity contribution >= 4 is 11.6 Å². The van der Waals surface area contributed by atoms with Crippen LogP contribution in [0.5, 0.6) is 0 Å². The third kappa shape index (κ3) is 2.65. The van der Waals surface area contributed by atoms with E-state index in [1.165, 1.54) is 12.0 Å². The normalized spacial score (nSPS) is 23.4. The summed E-state index contributed by atoms with van der Waals surface area (Å²) in [6.45, 7) is 2.86. The van der Waals surface area contributed by atoms with E-state index in [-0.39, 0.29) is 0 Å². The van der Waals surface area contributed by atoms with Gasteiger partial charge in [-0.3, -0.25) is 0 Å². The van der Waals surface area contributed by atoms with Gasteiger partial charge in [0, 0.05) is 5.03 Å². The SMILES string of the molecule is CC1=CC(CCCN)CC=C1Cl. The Morgan fingerprint density at radius 1 is 1.67 bits per heavy atom. The molecule has 0 aromatic heterocycles. The fraction of sp³-hybridized carbons (Fsp3) is 0.600. The first kappa shape index (κ1) is 9.82. The predicted molar refractivity (Wildman–Crippen MR) is 54.1 cm³/mol. The number of rotatable bonds is 3. The maximum Gasteiger partial charge on any atom is 0.0392 e. The number of nitrogens with two attached hydrogens (primary N) is 1. The van der Waals surface area contributed by atoms with E-state index in [1.54, 1.807) is 0 Å². The lowest BCUT2D eigenvalue weighted by molar-refractivity contribution is 0.565. The van der Waals surface area contributed by atoms with Crippen molar-refractivity contribution in [1.29, 1.82) is 0 Å². The Labute approximate surface area is 79.3 Å². The smallest absolute Gasteiger partial charge is 0.0392 e. The standard InChI is InChI=1S/C10H16ClN/c1-8-7-9(3-2-6-12)4-5-10(8)11/h5,7,9H,2-4,6,12H2,1H3. The van der Waals surface area contributed by atoms with Crippen molar-refractivity contribution in [2.45, 2.75) is 26.2 Å². The molecule has 12 heavy (non-hydrogen) atoms. The maximum absolute atomic E-state index is 5.93. The molecule has 2 N–H and O–H groups in total. The van der Waals surface area contributed by atoms with Crippen LogP contribution in [0.1, 0.15) is 26.2 Å². The Kier molecular flexibility index (Phi) is 3.83. The van der Waals surface area contributed by atoms with E-state index >= 15 is 0 Å². The summed E-state index contributed by atoms with van der Waals surface area (Å²) in [6.07, 6.45) is 7.75. The Morgan fingerprint density at radius 2 is 2.42 bits per heavy atom. The number of halogens is 1. The molecule has 0 spiro atoms. The van der Waals surface area contributed by atoms with Gasteiger partial charge in [-0.15, -0.1) is 0 Å². The van der Waals surface area contributed by atoms with E-state index in [4.69, 9.17) is 17.3 Å². The van der Waals surface area contributed by atoms with Gasteiger partial charge >= 0.3 is 0 Å². The van der Waals surface area contributed by atoms with Gasteiger partial charge in [0.1, 0.15) is 0 Å². The van der Waals surface area contributed by atoms with Gasteiger partial charge in [0.15, 0.2) is 0 Å². The topological polar surface area (TPSA) is 26.0 Å². The molecule has 0 saturated heterocycles.